The summed E-state index contributed by atoms with van der Waals surface area (Å²) < 4.78 is 78.0. The van der Waals surface area contributed by atoms with Gasteiger partial charge in [-0.3, -0.25) is 4.79 Å². The van der Waals surface area contributed by atoms with Gasteiger partial charge in [0.05, 0.1) is 23.5 Å². The minimum absolute atomic E-state index is 0.0364. The molecule has 2 aromatic rings. The second-order valence-corrected chi connectivity index (χ2v) is 6.30. The second kappa shape index (κ2) is 9.10. The summed E-state index contributed by atoms with van der Waals surface area (Å²) in [5, 5.41) is 2.24. The van der Waals surface area contributed by atoms with E-state index in [4.69, 9.17) is 5.73 Å². The molecule has 1 atom stereocenters. The molecule has 7 nitrogen and oxygen atoms in total. The first kappa shape index (κ1) is 23.8. The molecule has 1 aromatic heterocycles. The number of aryl methyl sites for hydroxylation is 1. The average Bonchev–Trinajstić information content (AvgIpc) is 2.67. The predicted octanol–water partition coefficient (Wildman–Crippen LogP) is 3.66. The lowest BCUT2D eigenvalue weighted by atomic mass is 10.0. The number of aliphatic imine (C=N–C) groups is 2. The van der Waals surface area contributed by atoms with Crippen LogP contribution in [0.1, 0.15) is 34.0 Å². The van der Waals surface area contributed by atoms with E-state index in [9.17, 15) is 31.1 Å². The van der Waals surface area contributed by atoms with Crippen molar-refractivity contribution in [1.29, 1.82) is 0 Å². The van der Waals surface area contributed by atoms with Gasteiger partial charge in [-0.25, -0.2) is 15.0 Å². The third-order valence-electron chi connectivity index (χ3n) is 3.77. The van der Waals surface area contributed by atoms with Crippen LogP contribution in [0.15, 0.2) is 40.6 Å². The number of amides is 1. The van der Waals surface area contributed by atoms with Crippen molar-refractivity contribution in [3.8, 4) is 0 Å². The molecule has 13 heteroatoms. The molecule has 0 radical (unpaired) electrons. The number of rotatable bonds is 4. The molecule has 1 amide bonds. The van der Waals surface area contributed by atoms with Crippen LogP contribution in [0.5, 0.6) is 0 Å². The second-order valence-electron chi connectivity index (χ2n) is 6.30. The summed E-state index contributed by atoms with van der Waals surface area (Å²) in [6, 6.07) is -0.478. The van der Waals surface area contributed by atoms with Gasteiger partial charge in [0.2, 0.25) is 0 Å². The van der Waals surface area contributed by atoms with Gasteiger partial charge in [0.25, 0.3) is 11.9 Å². The molecule has 0 fully saturated rings. The Kier molecular flexibility index (Phi) is 6.98. The number of aromatic nitrogens is 2. The van der Waals surface area contributed by atoms with Gasteiger partial charge in [-0.05, 0) is 37.6 Å². The molecule has 0 saturated heterocycles. The van der Waals surface area contributed by atoms with Crippen molar-refractivity contribution in [3.05, 3.63) is 52.8 Å². The number of alkyl halides is 6. The van der Waals surface area contributed by atoms with E-state index in [0.29, 0.717) is 12.1 Å². The summed E-state index contributed by atoms with van der Waals surface area (Å²) in [6.07, 6.45) is -6.40. The zero-order valence-corrected chi connectivity index (χ0v) is 16.1. The van der Waals surface area contributed by atoms with E-state index >= 15 is 0 Å². The molecule has 0 aliphatic heterocycles. The van der Waals surface area contributed by atoms with Crippen molar-refractivity contribution in [3.63, 3.8) is 0 Å². The number of hydrogen-bond acceptors (Lipinski definition) is 4. The van der Waals surface area contributed by atoms with Gasteiger partial charge in [0, 0.05) is 18.0 Å². The summed E-state index contributed by atoms with van der Waals surface area (Å²) in [6.45, 7) is 3.09. The van der Waals surface area contributed by atoms with E-state index < -0.39 is 41.0 Å². The number of halogens is 6. The Morgan fingerprint density at radius 3 is 2.03 bits per heavy atom. The Labute approximate surface area is 172 Å². The molecule has 2 rings (SSSR count). The summed E-state index contributed by atoms with van der Waals surface area (Å²) >= 11 is 0. The molecule has 0 bridgehead atoms. The SMILES string of the molecule is Cc1cnc(N=C(N=CN)[C@H](C)NC(=O)c2cc(C(F)(F)F)cc(C(F)(F)F)c2)nc1. The van der Waals surface area contributed by atoms with Gasteiger partial charge in [0.15, 0.2) is 5.84 Å². The normalized spacial score (nSPS) is 14.0. The highest BCUT2D eigenvalue weighted by Crippen LogP contribution is 2.36. The maximum Gasteiger partial charge on any atom is 0.416 e. The van der Waals surface area contributed by atoms with E-state index in [2.05, 4.69) is 25.3 Å². The lowest BCUT2D eigenvalue weighted by molar-refractivity contribution is -0.143. The first-order valence-corrected chi connectivity index (χ1v) is 8.53. The molecule has 0 saturated carbocycles. The first-order chi connectivity index (χ1) is 14.3. The molecular formula is C18H16F6N6O. The number of amidine groups is 1. The van der Waals surface area contributed by atoms with Gasteiger partial charge in [-0.15, -0.1) is 0 Å². The van der Waals surface area contributed by atoms with E-state index in [-0.39, 0.29) is 17.9 Å². The highest BCUT2D eigenvalue weighted by molar-refractivity contribution is 6.01. The van der Waals surface area contributed by atoms with Crippen LogP contribution in [-0.2, 0) is 12.4 Å². The number of carbonyl (C=O) groups excluding carboxylic acids is 1. The fraction of sp³-hybridized carbons (Fsp3) is 0.278. The molecule has 1 aromatic carbocycles. The Morgan fingerprint density at radius 1 is 1.06 bits per heavy atom. The summed E-state index contributed by atoms with van der Waals surface area (Å²) in [5.74, 6) is -1.36. The Morgan fingerprint density at radius 2 is 1.58 bits per heavy atom. The van der Waals surface area contributed by atoms with Crippen molar-refractivity contribution in [2.75, 3.05) is 0 Å². The van der Waals surface area contributed by atoms with E-state index in [1.54, 1.807) is 6.92 Å². The minimum Gasteiger partial charge on any atom is -0.390 e. The fourth-order valence-corrected chi connectivity index (χ4v) is 2.29. The zero-order chi connectivity index (χ0) is 23.4. The van der Waals surface area contributed by atoms with Gasteiger partial charge < -0.3 is 11.1 Å². The van der Waals surface area contributed by atoms with Gasteiger partial charge in [-0.1, -0.05) is 0 Å². The molecule has 0 unspecified atom stereocenters. The van der Waals surface area contributed by atoms with Crippen LogP contribution in [0.25, 0.3) is 0 Å². The van der Waals surface area contributed by atoms with Crippen LogP contribution >= 0.6 is 0 Å². The Bertz CT molecular complexity index is 966. The fourth-order valence-electron chi connectivity index (χ4n) is 2.29. The third kappa shape index (κ3) is 6.49. The van der Waals surface area contributed by atoms with Crippen LogP contribution in [0.2, 0.25) is 0 Å². The van der Waals surface area contributed by atoms with E-state index in [1.165, 1.54) is 19.3 Å². The van der Waals surface area contributed by atoms with Crippen LogP contribution in [0.3, 0.4) is 0 Å². The monoisotopic (exact) mass is 446 g/mol. The number of nitrogens with zero attached hydrogens (tertiary/aromatic N) is 4. The Balaban J connectivity index is 2.36. The highest BCUT2D eigenvalue weighted by atomic mass is 19.4. The van der Waals surface area contributed by atoms with E-state index in [1.807, 2.05) is 0 Å². The predicted molar refractivity (Wildman–Crippen MR) is 99.9 cm³/mol. The zero-order valence-electron chi connectivity index (χ0n) is 16.1. The highest BCUT2D eigenvalue weighted by Gasteiger charge is 2.37. The number of nitrogens with two attached hydrogens (primary N) is 1. The number of nitrogens with one attached hydrogen (secondary N) is 1. The van der Waals surface area contributed by atoms with Crippen molar-refractivity contribution in [2.24, 2.45) is 15.7 Å². The quantitative estimate of drug-likeness (QED) is 0.425. The topological polar surface area (TPSA) is 106 Å². The largest absolute Gasteiger partial charge is 0.416 e. The van der Waals surface area contributed by atoms with Gasteiger partial charge in [0.1, 0.15) is 0 Å². The molecule has 0 spiro atoms. The van der Waals surface area contributed by atoms with Crippen molar-refractivity contribution in [2.45, 2.75) is 32.2 Å². The van der Waals surface area contributed by atoms with Crippen molar-refractivity contribution >= 4 is 24.0 Å². The molecular weight excluding hydrogens is 430 g/mol. The van der Waals surface area contributed by atoms with Crippen LogP contribution in [0.4, 0.5) is 32.3 Å². The van der Waals surface area contributed by atoms with Gasteiger partial charge >= 0.3 is 12.4 Å². The molecule has 3 N–H and O–H groups in total. The maximum atomic E-state index is 13.0. The third-order valence-corrected chi connectivity index (χ3v) is 3.77. The number of carbonyl (C=O) groups is 1. The van der Waals surface area contributed by atoms with Crippen LogP contribution < -0.4 is 11.1 Å². The van der Waals surface area contributed by atoms with Crippen molar-refractivity contribution < 1.29 is 31.1 Å². The summed E-state index contributed by atoms with van der Waals surface area (Å²) in [7, 11) is 0. The number of hydrogen-bond donors (Lipinski definition) is 2. The molecule has 0 aliphatic rings. The van der Waals surface area contributed by atoms with Gasteiger partial charge in [-0.2, -0.15) is 31.3 Å². The standard InChI is InChI=1S/C18H16F6N6O/c1-9-6-26-16(27-7-9)30-14(28-8-25)10(2)29-15(31)11-3-12(17(19,20)21)5-13(4-11)18(22,23)24/h3-8,10H,1-2H3,(H,29,31)(H2,25,26,27,28,30)/t10-/m0/s1. The molecule has 166 valence electrons. The smallest absolute Gasteiger partial charge is 0.390 e. The number of benzene rings is 1. The summed E-state index contributed by atoms with van der Waals surface area (Å²) in [5.41, 5.74) is 1.94. The summed E-state index contributed by atoms with van der Waals surface area (Å²) in [4.78, 5) is 28.0. The molecule has 31 heavy (non-hydrogen) atoms. The lowest BCUT2D eigenvalue weighted by Crippen LogP contribution is -2.38. The molecule has 0 aliphatic carbocycles. The average molecular weight is 446 g/mol. The van der Waals surface area contributed by atoms with Crippen molar-refractivity contribution in [1.82, 2.24) is 15.3 Å². The van der Waals surface area contributed by atoms with E-state index in [0.717, 1.165) is 11.9 Å². The lowest BCUT2D eigenvalue weighted by Gasteiger charge is -2.16. The first-order valence-electron chi connectivity index (χ1n) is 8.53. The van der Waals surface area contributed by atoms with Crippen LogP contribution in [-0.4, -0.2) is 34.1 Å². The van der Waals surface area contributed by atoms with Crippen LogP contribution in [0, 0.1) is 6.92 Å². The molecule has 1 heterocycles. The Hall–Kier alpha value is -3.51. The minimum atomic E-state index is -5.08. The maximum absolute atomic E-state index is 13.0.